The third-order valence-electron chi connectivity index (χ3n) is 4.11. The van der Waals surface area contributed by atoms with Crippen LogP contribution in [-0.2, 0) is 16.1 Å². The molecular formula is C18H19ClN4O3S. The number of halogens is 1. The number of rotatable bonds is 4. The summed E-state index contributed by atoms with van der Waals surface area (Å²) in [6.07, 6.45) is 1.53. The number of anilines is 2. The van der Waals surface area contributed by atoms with Crippen molar-refractivity contribution in [1.29, 1.82) is 0 Å². The van der Waals surface area contributed by atoms with Crippen molar-refractivity contribution in [3.8, 4) is 0 Å². The summed E-state index contributed by atoms with van der Waals surface area (Å²) in [5.41, 5.74) is 1.26. The second kappa shape index (κ2) is 7.74. The molecule has 1 aromatic carbocycles. The van der Waals surface area contributed by atoms with Gasteiger partial charge in [-0.25, -0.2) is 4.68 Å². The van der Waals surface area contributed by atoms with E-state index < -0.39 is 11.5 Å². The van der Waals surface area contributed by atoms with E-state index >= 15 is 0 Å². The molecule has 1 aromatic heterocycles. The van der Waals surface area contributed by atoms with Gasteiger partial charge in [-0.2, -0.15) is 5.10 Å². The summed E-state index contributed by atoms with van der Waals surface area (Å²) in [6, 6.07) is 5.01. The minimum atomic E-state index is -0.459. The van der Waals surface area contributed by atoms with Gasteiger partial charge in [0.15, 0.2) is 0 Å². The van der Waals surface area contributed by atoms with Crippen LogP contribution < -0.4 is 15.8 Å². The smallest absolute Gasteiger partial charge is 0.292 e. The number of hydrogen-bond acceptors (Lipinski definition) is 5. The maximum atomic E-state index is 12.9. The lowest BCUT2D eigenvalue weighted by molar-refractivity contribution is -0.117. The van der Waals surface area contributed by atoms with Crippen molar-refractivity contribution in [2.75, 3.05) is 16.0 Å². The van der Waals surface area contributed by atoms with Gasteiger partial charge in [-0.15, -0.1) is 11.8 Å². The minimum Gasteiger partial charge on any atom is -0.324 e. The number of benzene rings is 1. The maximum Gasteiger partial charge on any atom is 0.292 e. The van der Waals surface area contributed by atoms with Gasteiger partial charge < -0.3 is 10.2 Å². The fourth-order valence-corrected chi connectivity index (χ4v) is 3.83. The predicted octanol–water partition coefficient (Wildman–Crippen LogP) is 2.69. The molecule has 0 atom stereocenters. The number of thioether (sulfide) groups is 1. The van der Waals surface area contributed by atoms with Gasteiger partial charge in [0, 0.05) is 16.8 Å². The molecule has 2 heterocycles. The third-order valence-corrected chi connectivity index (χ3v) is 5.52. The number of carbonyl (C=O) groups excluding carboxylic acids is 2. The van der Waals surface area contributed by atoms with E-state index in [-0.39, 0.29) is 29.9 Å². The molecule has 142 valence electrons. The fourth-order valence-electron chi connectivity index (χ4n) is 2.79. The Balaban J connectivity index is 1.85. The van der Waals surface area contributed by atoms with Crippen molar-refractivity contribution < 1.29 is 9.59 Å². The van der Waals surface area contributed by atoms with Crippen LogP contribution in [0.25, 0.3) is 0 Å². The molecule has 2 aromatic rings. The van der Waals surface area contributed by atoms with E-state index in [1.54, 1.807) is 18.2 Å². The molecule has 0 spiro atoms. The van der Waals surface area contributed by atoms with E-state index in [1.165, 1.54) is 22.9 Å². The van der Waals surface area contributed by atoms with E-state index in [4.69, 9.17) is 11.6 Å². The highest BCUT2D eigenvalue weighted by Gasteiger charge is 2.30. The van der Waals surface area contributed by atoms with Crippen molar-refractivity contribution in [2.45, 2.75) is 38.3 Å². The van der Waals surface area contributed by atoms with E-state index in [9.17, 15) is 14.4 Å². The monoisotopic (exact) mass is 406 g/mol. The van der Waals surface area contributed by atoms with Crippen LogP contribution in [0.3, 0.4) is 0 Å². The van der Waals surface area contributed by atoms with E-state index in [0.29, 0.717) is 15.6 Å². The number of aromatic nitrogens is 2. The molecule has 27 heavy (non-hydrogen) atoms. The average Bonchev–Trinajstić information content (AvgIpc) is 2.60. The highest BCUT2D eigenvalue weighted by Crippen LogP contribution is 2.32. The molecule has 0 radical (unpaired) electrons. The predicted molar refractivity (Wildman–Crippen MR) is 107 cm³/mol. The molecule has 1 N–H and O–H groups in total. The van der Waals surface area contributed by atoms with Gasteiger partial charge in [0.2, 0.25) is 11.8 Å². The van der Waals surface area contributed by atoms with Crippen LogP contribution in [0.2, 0.25) is 5.02 Å². The highest BCUT2D eigenvalue weighted by atomic mass is 35.5. The quantitative estimate of drug-likeness (QED) is 0.843. The summed E-state index contributed by atoms with van der Waals surface area (Å²) >= 11 is 7.35. The number of fused-ring (bicyclic) bond motifs is 1. The summed E-state index contributed by atoms with van der Waals surface area (Å²) in [4.78, 5) is 39.5. The van der Waals surface area contributed by atoms with Crippen LogP contribution in [0.4, 0.5) is 11.4 Å². The number of hydrogen-bond donors (Lipinski definition) is 1. The van der Waals surface area contributed by atoms with Crippen molar-refractivity contribution in [2.24, 2.45) is 0 Å². The number of aryl methyl sites for hydroxylation is 1. The zero-order chi connectivity index (χ0) is 19.7. The van der Waals surface area contributed by atoms with Crippen LogP contribution in [0.1, 0.15) is 19.4 Å². The summed E-state index contributed by atoms with van der Waals surface area (Å²) in [6.45, 7) is 5.29. The van der Waals surface area contributed by atoms with E-state index in [1.807, 2.05) is 20.8 Å². The van der Waals surface area contributed by atoms with Crippen LogP contribution in [0.5, 0.6) is 0 Å². The third kappa shape index (κ3) is 4.01. The molecule has 1 aliphatic heterocycles. The van der Waals surface area contributed by atoms with Crippen molar-refractivity contribution in [3.05, 3.63) is 45.3 Å². The molecule has 9 heteroatoms. The van der Waals surface area contributed by atoms with Gasteiger partial charge in [0.05, 0.1) is 16.8 Å². The topological polar surface area (TPSA) is 84.3 Å². The first-order valence-electron chi connectivity index (χ1n) is 8.39. The molecule has 1 aliphatic rings. The van der Waals surface area contributed by atoms with Gasteiger partial charge in [0.1, 0.15) is 12.2 Å². The Labute approximate surface area is 165 Å². The van der Waals surface area contributed by atoms with Crippen molar-refractivity contribution in [3.63, 3.8) is 0 Å². The average molecular weight is 407 g/mol. The molecule has 0 saturated heterocycles. The molecule has 7 nitrogen and oxygen atoms in total. The number of nitrogens with zero attached hydrogens (tertiary/aromatic N) is 3. The summed E-state index contributed by atoms with van der Waals surface area (Å²) in [5.74, 6) is -0.267. The first kappa shape index (κ1) is 19.4. The molecule has 0 aliphatic carbocycles. The first-order chi connectivity index (χ1) is 12.8. The largest absolute Gasteiger partial charge is 0.324 e. The van der Waals surface area contributed by atoms with Crippen molar-refractivity contribution >= 4 is 46.6 Å². The van der Waals surface area contributed by atoms with Gasteiger partial charge >= 0.3 is 0 Å². The zero-order valence-corrected chi connectivity index (χ0v) is 16.7. The fraction of sp³-hybridized carbons (Fsp3) is 0.333. The first-order valence-corrected chi connectivity index (χ1v) is 9.75. The van der Waals surface area contributed by atoms with Crippen LogP contribution >= 0.6 is 23.4 Å². The lowest BCUT2D eigenvalue weighted by atomic mass is 10.2. The standard InChI is InChI=1S/C18H19ClN4O3S/c1-10(2)23-16(25)9-27-14-7-20-22(18(26)17(14)23)8-15(24)21-12-5-4-11(3)13(19)6-12/h4-7,10H,8-9H2,1-3H3,(H,21,24). The second-order valence-corrected chi connectivity index (χ2v) is 7.90. The lowest BCUT2D eigenvalue weighted by Gasteiger charge is -2.31. The Morgan fingerprint density at radius 2 is 2.11 bits per heavy atom. The molecular weight excluding hydrogens is 388 g/mol. The highest BCUT2D eigenvalue weighted by molar-refractivity contribution is 8.00. The Morgan fingerprint density at radius 1 is 1.37 bits per heavy atom. The van der Waals surface area contributed by atoms with Gasteiger partial charge in [0.25, 0.3) is 5.56 Å². The molecule has 0 saturated carbocycles. The Morgan fingerprint density at radius 3 is 2.78 bits per heavy atom. The SMILES string of the molecule is Cc1ccc(NC(=O)Cn2ncc3c(c2=O)N(C(C)C)C(=O)CS3)cc1Cl. The number of amides is 2. The normalized spacial score (nSPS) is 13.7. The number of nitrogens with one attached hydrogen (secondary N) is 1. The molecule has 3 rings (SSSR count). The maximum absolute atomic E-state index is 12.9. The van der Waals surface area contributed by atoms with Gasteiger partial charge in [-0.05, 0) is 38.5 Å². The second-order valence-electron chi connectivity index (χ2n) is 6.48. The summed E-state index contributed by atoms with van der Waals surface area (Å²) in [7, 11) is 0. The van der Waals surface area contributed by atoms with E-state index in [0.717, 1.165) is 10.2 Å². The summed E-state index contributed by atoms with van der Waals surface area (Å²) < 4.78 is 1.07. The number of carbonyl (C=O) groups is 2. The Bertz CT molecular complexity index is 974. The minimum absolute atomic E-state index is 0.129. The molecule has 2 amide bonds. The van der Waals surface area contributed by atoms with Gasteiger partial charge in [-0.1, -0.05) is 17.7 Å². The van der Waals surface area contributed by atoms with Crippen LogP contribution in [-0.4, -0.2) is 33.4 Å². The molecule has 0 fully saturated rings. The van der Waals surface area contributed by atoms with Crippen LogP contribution in [0.15, 0.2) is 34.1 Å². The van der Waals surface area contributed by atoms with Gasteiger partial charge in [-0.3, -0.25) is 14.4 Å². The van der Waals surface area contributed by atoms with Crippen LogP contribution in [0, 0.1) is 6.92 Å². The van der Waals surface area contributed by atoms with Crippen molar-refractivity contribution in [1.82, 2.24) is 9.78 Å². The summed E-state index contributed by atoms with van der Waals surface area (Å²) in [5, 5.41) is 7.32. The Hall–Kier alpha value is -2.32. The Kier molecular flexibility index (Phi) is 5.57. The zero-order valence-electron chi connectivity index (χ0n) is 15.2. The lowest BCUT2D eigenvalue weighted by Crippen LogP contribution is -2.45. The van der Waals surface area contributed by atoms with E-state index in [2.05, 4.69) is 10.4 Å². The molecule has 0 unspecified atom stereocenters. The molecule has 0 bridgehead atoms.